The predicted molar refractivity (Wildman–Crippen MR) is 88.7 cm³/mol. The van der Waals surface area contributed by atoms with E-state index in [0.717, 1.165) is 18.4 Å². The first kappa shape index (κ1) is 17.0. The van der Waals surface area contributed by atoms with Gasteiger partial charge in [0.2, 0.25) is 5.91 Å². The lowest BCUT2D eigenvalue weighted by atomic mass is 10.0. The van der Waals surface area contributed by atoms with Crippen molar-refractivity contribution in [3.05, 3.63) is 34.9 Å². The van der Waals surface area contributed by atoms with Crippen molar-refractivity contribution in [2.75, 3.05) is 20.1 Å². The van der Waals surface area contributed by atoms with Crippen LogP contribution < -0.4 is 5.32 Å². The van der Waals surface area contributed by atoms with Crippen molar-refractivity contribution in [2.24, 2.45) is 5.92 Å². The zero-order valence-electron chi connectivity index (χ0n) is 14.1. The molecule has 4 heteroatoms. The van der Waals surface area contributed by atoms with Gasteiger partial charge in [-0.15, -0.1) is 0 Å². The number of benzene rings is 1. The maximum atomic E-state index is 12.1. The minimum absolute atomic E-state index is 0.00350. The first-order valence-electron chi connectivity index (χ1n) is 8.10. The zero-order chi connectivity index (χ0) is 16.3. The number of aryl methyl sites for hydroxylation is 2. The van der Waals surface area contributed by atoms with Crippen molar-refractivity contribution in [2.45, 2.75) is 45.8 Å². The van der Waals surface area contributed by atoms with E-state index in [1.165, 1.54) is 11.1 Å². The van der Waals surface area contributed by atoms with Crippen molar-refractivity contribution >= 4 is 5.91 Å². The van der Waals surface area contributed by atoms with Gasteiger partial charge in [0, 0.05) is 6.54 Å². The molecule has 1 amide bonds. The van der Waals surface area contributed by atoms with Gasteiger partial charge >= 0.3 is 0 Å². The summed E-state index contributed by atoms with van der Waals surface area (Å²) in [6, 6.07) is 6.27. The van der Waals surface area contributed by atoms with E-state index >= 15 is 0 Å². The van der Waals surface area contributed by atoms with E-state index in [9.17, 15) is 9.90 Å². The smallest absolute Gasteiger partial charge is 0.234 e. The van der Waals surface area contributed by atoms with E-state index < -0.39 is 0 Å². The number of carbonyl (C=O) groups is 1. The molecule has 0 spiro atoms. The lowest BCUT2D eigenvalue weighted by Crippen LogP contribution is -2.39. The van der Waals surface area contributed by atoms with Gasteiger partial charge in [-0.3, -0.25) is 9.69 Å². The summed E-state index contributed by atoms with van der Waals surface area (Å²) >= 11 is 0. The third-order valence-electron chi connectivity index (χ3n) is 4.49. The molecule has 0 aromatic heterocycles. The van der Waals surface area contributed by atoms with Gasteiger partial charge in [-0.2, -0.15) is 0 Å². The van der Waals surface area contributed by atoms with Crippen molar-refractivity contribution in [3.8, 4) is 0 Å². The highest BCUT2D eigenvalue weighted by Crippen LogP contribution is 2.32. The summed E-state index contributed by atoms with van der Waals surface area (Å²) in [5.41, 5.74) is 3.62. The minimum Gasteiger partial charge on any atom is -0.392 e. The van der Waals surface area contributed by atoms with Crippen molar-refractivity contribution in [3.63, 3.8) is 0 Å². The number of nitrogens with zero attached hydrogens (tertiary/aromatic N) is 1. The fourth-order valence-corrected chi connectivity index (χ4v) is 2.66. The molecule has 1 aliphatic rings. The van der Waals surface area contributed by atoms with Crippen LogP contribution in [0.1, 0.15) is 42.5 Å². The van der Waals surface area contributed by atoms with Crippen LogP contribution in [0.3, 0.4) is 0 Å². The van der Waals surface area contributed by atoms with Crippen molar-refractivity contribution in [1.82, 2.24) is 10.2 Å². The number of hydrogen-bond donors (Lipinski definition) is 2. The van der Waals surface area contributed by atoms with Crippen LogP contribution in [0.15, 0.2) is 18.2 Å². The van der Waals surface area contributed by atoms with Crippen LogP contribution in [-0.2, 0) is 4.79 Å². The second kappa shape index (κ2) is 7.25. The Morgan fingerprint density at radius 3 is 2.64 bits per heavy atom. The van der Waals surface area contributed by atoms with Crippen LogP contribution in [0.4, 0.5) is 0 Å². The first-order valence-corrected chi connectivity index (χ1v) is 8.10. The van der Waals surface area contributed by atoms with E-state index in [1.807, 2.05) is 18.9 Å². The van der Waals surface area contributed by atoms with Gasteiger partial charge in [0.25, 0.3) is 0 Å². The zero-order valence-corrected chi connectivity index (χ0v) is 14.1. The molecule has 2 atom stereocenters. The molecule has 2 unspecified atom stereocenters. The molecule has 122 valence electrons. The van der Waals surface area contributed by atoms with Gasteiger partial charge in [-0.05, 0) is 63.3 Å². The van der Waals surface area contributed by atoms with E-state index in [-0.39, 0.29) is 18.1 Å². The molecule has 22 heavy (non-hydrogen) atoms. The number of aliphatic hydroxyl groups is 1. The average Bonchev–Trinajstić information content (AvgIpc) is 3.25. The Balaban J connectivity index is 1.81. The van der Waals surface area contributed by atoms with E-state index in [4.69, 9.17) is 0 Å². The van der Waals surface area contributed by atoms with Crippen LogP contribution in [0, 0.1) is 19.8 Å². The molecule has 2 N–H and O–H groups in total. The van der Waals surface area contributed by atoms with Crippen LogP contribution in [0.25, 0.3) is 0 Å². The largest absolute Gasteiger partial charge is 0.392 e. The number of carbonyl (C=O) groups excluding carboxylic acids is 1. The average molecular weight is 304 g/mol. The summed E-state index contributed by atoms with van der Waals surface area (Å²) in [7, 11) is 1.88. The summed E-state index contributed by atoms with van der Waals surface area (Å²) in [6.45, 7) is 7.05. The maximum absolute atomic E-state index is 12.1. The highest BCUT2D eigenvalue weighted by Gasteiger charge is 2.30. The quantitative estimate of drug-likeness (QED) is 0.812. The maximum Gasteiger partial charge on any atom is 0.234 e. The molecule has 1 fully saturated rings. The molecule has 1 aromatic rings. The summed E-state index contributed by atoms with van der Waals surface area (Å²) in [5, 5.41) is 12.9. The third kappa shape index (κ3) is 4.82. The molecule has 4 nitrogen and oxygen atoms in total. The van der Waals surface area contributed by atoms with Crippen molar-refractivity contribution in [1.29, 1.82) is 0 Å². The standard InChI is InChI=1S/C18H28N2O2/c1-12-5-6-16(9-13(12)2)14(3)19-18(22)11-20(4)10-17(21)15-7-8-15/h5-6,9,14-15,17,21H,7-8,10-11H2,1-4H3,(H,19,22). The van der Waals surface area contributed by atoms with Crippen LogP contribution in [-0.4, -0.2) is 42.2 Å². The molecule has 0 aliphatic heterocycles. The predicted octanol–water partition coefficient (Wildman–Crippen LogP) is 2.18. The fourth-order valence-electron chi connectivity index (χ4n) is 2.66. The normalized spacial score (nSPS) is 17.4. The van der Waals surface area contributed by atoms with Gasteiger partial charge in [-0.25, -0.2) is 0 Å². The third-order valence-corrected chi connectivity index (χ3v) is 4.49. The van der Waals surface area contributed by atoms with Crippen molar-refractivity contribution < 1.29 is 9.90 Å². The highest BCUT2D eigenvalue weighted by molar-refractivity contribution is 5.78. The number of rotatable bonds is 7. The minimum atomic E-state index is -0.296. The lowest BCUT2D eigenvalue weighted by molar-refractivity contribution is -0.122. The molecule has 0 bridgehead atoms. The lowest BCUT2D eigenvalue weighted by Gasteiger charge is -2.21. The Kier molecular flexibility index (Phi) is 5.59. The van der Waals surface area contributed by atoms with Crippen LogP contribution in [0.5, 0.6) is 0 Å². The molecular weight excluding hydrogens is 276 g/mol. The summed E-state index contributed by atoms with van der Waals surface area (Å²) in [5.74, 6) is 0.441. The van der Waals surface area contributed by atoms with Crippen LogP contribution in [0.2, 0.25) is 0 Å². The summed E-state index contributed by atoms with van der Waals surface area (Å²) in [6.07, 6.45) is 1.94. The molecule has 1 aromatic carbocycles. The number of nitrogens with one attached hydrogen (secondary N) is 1. The number of hydrogen-bond acceptors (Lipinski definition) is 3. The first-order chi connectivity index (χ1) is 10.4. The van der Waals surface area contributed by atoms with Gasteiger partial charge in [0.1, 0.15) is 0 Å². The van der Waals surface area contributed by atoms with E-state index in [2.05, 4.69) is 37.4 Å². The molecule has 1 saturated carbocycles. The molecule has 1 aliphatic carbocycles. The summed E-state index contributed by atoms with van der Waals surface area (Å²) in [4.78, 5) is 14.0. The molecule has 0 saturated heterocycles. The van der Waals surface area contributed by atoms with E-state index in [1.54, 1.807) is 0 Å². The van der Waals surface area contributed by atoms with Gasteiger partial charge in [0.05, 0.1) is 18.7 Å². The van der Waals surface area contributed by atoms with Gasteiger partial charge in [-0.1, -0.05) is 18.2 Å². The Morgan fingerprint density at radius 1 is 1.36 bits per heavy atom. The SMILES string of the molecule is Cc1ccc(C(C)NC(=O)CN(C)CC(O)C2CC2)cc1C. The Labute approximate surface area is 133 Å². The number of aliphatic hydroxyl groups excluding tert-OH is 1. The van der Waals surface area contributed by atoms with E-state index in [0.29, 0.717) is 19.0 Å². The second-order valence-electron chi connectivity index (χ2n) is 6.73. The monoisotopic (exact) mass is 304 g/mol. The number of likely N-dealkylation sites (N-methyl/N-ethyl adjacent to an activating group) is 1. The summed E-state index contributed by atoms with van der Waals surface area (Å²) < 4.78 is 0. The highest BCUT2D eigenvalue weighted by atomic mass is 16.3. The Morgan fingerprint density at radius 2 is 2.05 bits per heavy atom. The van der Waals surface area contributed by atoms with Gasteiger partial charge in [0.15, 0.2) is 0 Å². The Hall–Kier alpha value is -1.39. The molecular formula is C18H28N2O2. The second-order valence-corrected chi connectivity index (χ2v) is 6.73. The fraction of sp³-hybridized carbons (Fsp3) is 0.611. The molecule has 2 rings (SSSR count). The molecule has 0 radical (unpaired) electrons. The topological polar surface area (TPSA) is 52.6 Å². The number of amides is 1. The van der Waals surface area contributed by atoms with Gasteiger partial charge < -0.3 is 10.4 Å². The van der Waals surface area contributed by atoms with Crippen LogP contribution >= 0.6 is 0 Å². The Bertz CT molecular complexity index is 526. The molecule has 0 heterocycles.